The first-order valence-corrected chi connectivity index (χ1v) is 5.88. The Balaban J connectivity index is 2.88. The van der Waals surface area contributed by atoms with E-state index < -0.39 is 16.0 Å². The molecule has 15 heavy (non-hydrogen) atoms. The third-order valence-electron chi connectivity index (χ3n) is 2.06. The van der Waals surface area contributed by atoms with E-state index in [1.54, 1.807) is 31.4 Å². The second-order valence-electron chi connectivity index (χ2n) is 3.00. The van der Waals surface area contributed by atoms with E-state index in [1.807, 2.05) is 13.0 Å². The van der Waals surface area contributed by atoms with Gasteiger partial charge < -0.3 is 4.74 Å². The van der Waals surface area contributed by atoms with Crippen LogP contribution in [0.3, 0.4) is 0 Å². The van der Waals surface area contributed by atoms with Gasteiger partial charge in [0, 0.05) is 4.90 Å². The molecule has 2 atom stereocenters. The van der Waals surface area contributed by atoms with Gasteiger partial charge >= 0.3 is 0 Å². The van der Waals surface area contributed by atoms with E-state index in [2.05, 4.69) is 0 Å². The molecule has 0 aliphatic heterocycles. The second kappa shape index (κ2) is 5.52. The van der Waals surface area contributed by atoms with E-state index in [0.29, 0.717) is 11.3 Å². The van der Waals surface area contributed by atoms with Crippen molar-refractivity contribution < 1.29 is 8.95 Å². The molecular weight excluding hydrogens is 210 g/mol. The van der Waals surface area contributed by atoms with Gasteiger partial charge in [0.2, 0.25) is 0 Å². The molecule has 2 unspecified atom stereocenters. The van der Waals surface area contributed by atoms with Crippen molar-refractivity contribution in [3.63, 3.8) is 0 Å². The molecule has 0 amide bonds. The lowest BCUT2D eigenvalue weighted by atomic mass is 10.3. The predicted octanol–water partition coefficient (Wildman–Crippen LogP) is 2.10. The summed E-state index contributed by atoms with van der Waals surface area (Å²) in [6.45, 7) is 1.86. The van der Waals surface area contributed by atoms with Crippen LogP contribution in [0.5, 0.6) is 5.75 Å². The van der Waals surface area contributed by atoms with E-state index in [4.69, 9.17) is 10.00 Å². The Hall–Kier alpha value is -1.34. The summed E-state index contributed by atoms with van der Waals surface area (Å²) in [4.78, 5) is 0.671. The van der Waals surface area contributed by atoms with Gasteiger partial charge in [-0.1, -0.05) is 6.92 Å². The molecule has 1 aromatic carbocycles. The van der Waals surface area contributed by atoms with Gasteiger partial charge in [-0.05, 0) is 30.7 Å². The van der Waals surface area contributed by atoms with Crippen LogP contribution >= 0.6 is 0 Å². The average Bonchev–Trinajstić information content (AvgIpc) is 2.30. The maximum Gasteiger partial charge on any atom is 0.126 e. The summed E-state index contributed by atoms with van der Waals surface area (Å²) in [5, 5.41) is 8.36. The summed E-state index contributed by atoms with van der Waals surface area (Å²) < 4.78 is 16.9. The van der Waals surface area contributed by atoms with Gasteiger partial charge in [-0.15, -0.1) is 0 Å². The summed E-state index contributed by atoms with van der Waals surface area (Å²) in [6, 6.07) is 9.00. The highest BCUT2D eigenvalue weighted by molar-refractivity contribution is 7.86. The molecular formula is C11H13NO2S. The smallest absolute Gasteiger partial charge is 0.126 e. The van der Waals surface area contributed by atoms with Crippen LogP contribution in [0.2, 0.25) is 0 Å². The number of hydrogen-bond acceptors (Lipinski definition) is 3. The Morgan fingerprint density at radius 3 is 2.47 bits per heavy atom. The van der Waals surface area contributed by atoms with Gasteiger partial charge in [-0.3, -0.25) is 4.21 Å². The van der Waals surface area contributed by atoms with Crippen molar-refractivity contribution >= 4 is 10.8 Å². The molecule has 0 radical (unpaired) electrons. The van der Waals surface area contributed by atoms with Crippen LogP contribution in [-0.4, -0.2) is 16.6 Å². The van der Waals surface area contributed by atoms with Crippen LogP contribution in [0.4, 0.5) is 0 Å². The fourth-order valence-corrected chi connectivity index (χ4v) is 2.30. The van der Waals surface area contributed by atoms with Crippen molar-refractivity contribution in [2.75, 3.05) is 7.11 Å². The van der Waals surface area contributed by atoms with Gasteiger partial charge in [0.05, 0.1) is 24.0 Å². The van der Waals surface area contributed by atoms with E-state index in [1.165, 1.54) is 0 Å². The molecule has 1 aromatic rings. The molecule has 3 nitrogen and oxygen atoms in total. The quantitative estimate of drug-likeness (QED) is 0.785. The summed E-state index contributed by atoms with van der Waals surface area (Å²) in [5.41, 5.74) is 0. The maximum absolute atomic E-state index is 11.9. The molecule has 1 rings (SSSR count). The number of benzene rings is 1. The summed E-state index contributed by atoms with van der Waals surface area (Å²) in [5.74, 6) is 0.723. The largest absolute Gasteiger partial charge is 0.497 e. The van der Waals surface area contributed by atoms with Crippen molar-refractivity contribution in [3.05, 3.63) is 24.3 Å². The third-order valence-corrected chi connectivity index (χ3v) is 3.76. The highest BCUT2D eigenvalue weighted by Gasteiger charge is 2.15. The highest BCUT2D eigenvalue weighted by Crippen LogP contribution is 2.17. The molecule has 0 aromatic heterocycles. The van der Waals surface area contributed by atoms with E-state index >= 15 is 0 Å². The Labute approximate surface area is 92.1 Å². The summed E-state index contributed by atoms with van der Waals surface area (Å²) in [7, 11) is 0.331. The van der Waals surface area contributed by atoms with Crippen LogP contribution in [0.25, 0.3) is 0 Å². The SMILES string of the molecule is CCC(C#N)S(=O)c1ccc(OC)cc1. The van der Waals surface area contributed by atoms with Crippen LogP contribution < -0.4 is 4.74 Å². The second-order valence-corrected chi connectivity index (χ2v) is 4.63. The van der Waals surface area contributed by atoms with Crippen molar-refractivity contribution in [1.29, 1.82) is 5.26 Å². The molecule has 0 heterocycles. The predicted molar refractivity (Wildman–Crippen MR) is 59.1 cm³/mol. The monoisotopic (exact) mass is 223 g/mol. The molecule has 0 bridgehead atoms. The zero-order chi connectivity index (χ0) is 11.3. The average molecular weight is 223 g/mol. The van der Waals surface area contributed by atoms with Crippen molar-refractivity contribution in [2.45, 2.75) is 23.5 Å². The Kier molecular flexibility index (Phi) is 4.32. The molecule has 4 heteroatoms. The first-order chi connectivity index (χ1) is 7.22. The molecule has 0 fully saturated rings. The number of nitriles is 1. The number of methoxy groups -OCH3 is 1. The van der Waals surface area contributed by atoms with E-state index in [9.17, 15) is 4.21 Å². The molecule has 0 N–H and O–H groups in total. The number of rotatable bonds is 4. The van der Waals surface area contributed by atoms with Crippen LogP contribution in [0, 0.1) is 11.3 Å². The molecule has 0 aliphatic carbocycles. The number of ether oxygens (including phenoxy) is 1. The normalized spacial score (nSPS) is 13.9. The third kappa shape index (κ3) is 2.80. The lowest BCUT2D eigenvalue weighted by Crippen LogP contribution is -2.11. The van der Waals surface area contributed by atoms with Crippen LogP contribution in [0.1, 0.15) is 13.3 Å². The van der Waals surface area contributed by atoms with Crippen molar-refractivity contribution in [2.24, 2.45) is 0 Å². The van der Waals surface area contributed by atoms with Gasteiger partial charge in [0.15, 0.2) is 0 Å². The zero-order valence-corrected chi connectivity index (χ0v) is 9.58. The van der Waals surface area contributed by atoms with Gasteiger partial charge in [0.25, 0.3) is 0 Å². The van der Waals surface area contributed by atoms with E-state index in [-0.39, 0.29) is 0 Å². The standard InChI is InChI=1S/C11H13NO2S/c1-3-10(8-12)15(13)11-6-4-9(14-2)5-7-11/h4-7,10H,3H2,1-2H3. The zero-order valence-electron chi connectivity index (χ0n) is 8.77. The lowest BCUT2D eigenvalue weighted by molar-refractivity contribution is 0.414. The first-order valence-electron chi connectivity index (χ1n) is 4.67. The van der Waals surface area contributed by atoms with Gasteiger partial charge in [-0.2, -0.15) is 5.26 Å². The van der Waals surface area contributed by atoms with E-state index in [0.717, 1.165) is 5.75 Å². The van der Waals surface area contributed by atoms with Gasteiger partial charge in [-0.25, -0.2) is 0 Å². The topological polar surface area (TPSA) is 50.1 Å². The number of hydrogen-bond donors (Lipinski definition) is 0. The van der Waals surface area contributed by atoms with Crippen LogP contribution in [-0.2, 0) is 10.8 Å². The Morgan fingerprint density at radius 1 is 1.47 bits per heavy atom. The minimum Gasteiger partial charge on any atom is -0.497 e. The van der Waals surface area contributed by atoms with Crippen molar-refractivity contribution in [1.82, 2.24) is 0 Å². The Morgan fingerprint density at radius 2 is 2.07 bits per heavy atom. The molecule has 0 aliphatic rings. The minimum atomic E-state index is -1.25. The Bertz CT molecular complexity index is 381. The molecule has 0 spiro atoms. The minimum absolute atomic E-state index is 0.432. The van der Waals surface area contributed by atoms with Crippen LogP contribution in [0.15, 0.2) is 29.2 Å². The fraction of sp³-hybridized carbons (Fsp3) is 0.364. The molecule has 0 saturated carbocycles. The summed E-state index contributed by atoms with van der Waals surface area (Å²) >= 11 is 0. The molecule has 80 valence electrons. The lowest BCUT2D eigenvalue weighted by Gasteiger charge is -2.06. The highest BCUT2D eigenvalue weighted by atomic mass is 32.2. The molecule has 0 saturated heterocycles. The fourth-order valence-electron chi connectivity index (χ4n) is 1.16. The first kappa shape index (κ1) is 11.7. The number of nitrogens with zero attached hydrogens (tertiary/aromatic N) is 1. The summed E-state index contributed by atoms with van der Waals surface area (Å²) in [6.07, 6.45) is 0.592. The van der Waals surface area contributed by atoms with Crippen molar-refractivity contribution in [3.8, 4) is 11.8 Å². The maximum atomic E-state index is 11.9. The van der Waals surface area contributed by atoms with Gasteiger partial charge in [0.1, 0.15) is 11.0 Å².